The zero-order valence-corrected chi connectivity index (χ0v) is 10.3. The van der Waals surface area contributed by atoms with E-state index in [1.807, 2.05) is 0 Å². The molecule has 8 heteroatoms. The first-order valence-corrected chi connectivity index (χ1v) is 6.02. The number of hydrogen-bond donors (Lipinski definition) is 2. The standard InChI is InChI=1S/C9H13N3O4S/c1-5-7(12-16-11-5)3-17-4-8(9(14)15)10-6(2)13/h8H,3-4H2,1-2H3,(H,10,13)(H,14,15). The lowest BCUT2D eigenvalue weighted by Gasteiger charge is -2.11. The number of thioether (sulfide) groups is 1. The molecule has 1 amide bonds. The molecule has 0 saturated carbocycles. The van der Waals surface area contributed by atoms with Crippen LogP contribution in [-0.2, 0) is 15.3 Å². The van der Waals surface area contributed by atoms with Gasteiger partial charge in [-0.3, -0.25) is 4.79 Å². The molecule has 0 radical (unpaired) electrons. The van der Waals surface area contributed by atoms with Gasteiger partial charge >= 0.3 is 5.97 Å². The molecule has 0 aliphatic rings. The highest BCUT2D eigenvalue weighted by molar-refractivity contribution is 7.98. The molecule has 0 aliphatic heterocycles. The Bertz CT molecular complexity index is 407. The Morgan fingerprint density at radius 2 is 2.24 bits per heavy atom. The number of nitrogens with one attached hydrogen (secondary N) is 1. The number of aliphatic carboxylic acids is 1. The first-order valence-electron chi connectivity index (χ1n) is 4.86. The SMILES string of the molecule is CC(=O)NC(CSCc1nonc1C)C(=O)O. The molecule has 0 aliphatic carbocycles. The monoisotopic (exact) mass is 259 g/mol. The van der Waals surface area contributed by atoms with Gasteiger partial charge in [0.15, 0.2) is 0 Å². The molecular weight excluding hydrogens is 246 g/mol. The average molecular weight is 259 g/mol. The molecule has 0 fully saturated rings. The Morgan fingerprint density at radius 1 is 1.53 bits per heavy atom. The van der Waals surface area contributed by atoms with Crippen molar-refractivity contribution in [2.45, 2.75) is 25.6 Å². The van der Waals surface area contributed by atoms with Crippen molar-refractivity contribution in [2.75, 3.05) is 5.75 Å². The van der Waals surface area contributed by atoms with Crippen LogP contribution >= 0.6 is 11.8 Å². The first kappa shape index (κ1) is 13.5. The van der Waals surface area contributed by atoms with Crippen LogP contribution < -0.4 is 5.32 Å². The van der Waals surface area contributed by atoms with Crippen molar-refractivity contribution in [3.8, 4) is 0 Å². The summed E-state index contributed by atoms with van der Waals surface area (Å²) < 4.78 is 4.52. The molecule has 1 atom stereocenters. The van der Waals surface area contributed by atoms with Crippen molar-refractivity contribution in [1.29, 1.82) is 0 Å². The van der Waals surface area contributed by atoms with Crippen molar-refractivity contribution in [3.05, 3.63) is 11.4 Å². The highest BCUT2D eigenvalue weighted by Gasteiger charge is 2.18. The molecule has 1 unspecified atom stereocenters. The normalized spacial score (nSPS) is 12.1. The molecule has 1 rings (SSSR count). The number of carboxylic acid groups (broad SMARTS) is 1. The number of carbonyl (C=O) groups excluding carboxylic acids is 1. The second-order valence-electron chi connectivity index (χ2n) is 3.40. The Labute approximate surface area is 102 Å². The van der Waals surface area contributed by atoms with Gasteiger partial charge in [-0.15, -0.1) is 0 Å². The maximum Gasteiger partial charge on any atom is 0.327 e. The number of aromatic nitrogens is 2. The fourth-order valence-corrected chi connectivity index (χ4v) is 2.11. The number of nitrogens with zero attached hydrogens (tertiary/aromatic N) is 2. The maximum atomic E-state index is 10.8. The van der Waals surface area contributed by atoms with Gasteiger partial charge in [-0.2, -0.15) is 11.8 Å². The van der Waals surface area contributed by atoms with Crippen LogP contribution in [0.4, 0.5) is 0 Å². The fourth-order valence-electron chi connectivity index (χ4n) is 1.07. The molecule has 0 aromatic carbocycles. The van der Waals surface area contributed by atoms with E-state index in [0.29, 0.717) is 17.1 Å². The summed E-state index contributed by atoms with van der Waals surface area (Å²) >= 11 is 1.35. The molecule has 1 heterocycles. The summed E-state index contributed by atoms with van der Waals surface area (Å²) in [4.78, 5) is 21.6. The minimum absolute atomic E-state index is 0.265. The van der Waals surface area contributed by atoms with Crippen LogP contribution in [0.1, 0.15) is 18.3 Å². The lowest BCUT2D eigenvalue weighted by Crippen LogP contribution is -2.41. The molecule has 1 aromatic heterocycles. The predicted molar refractivity (Wildman–Crippen MR) is 60.4 cm³/mol. The van der Waals surface area contributed by atoms with Gasteiger partial charge in [0.2, 0.25) is 5.91 Å². The number of hydrogen-bond acceptors (Lipinski definition) is 6. The van der Waals surface area contributed by atoms with E-state index < -0.39 is 12.0 Å². The number of amides is 1. The number of carboxylic acids is 1. The van der Waals surface area contributed by atoms with Gasteiger partial charge in [0.05, 0.1) is 0 Å². The Kier molecular flexibility index (Phi) is 4.95. The van der Waals surface area contributed by atoms with Gasteiger partial charge in [0.1, 0.15) is 17.4 Å². The van der Waals surface area contributed by atoms with Gasteiger partial charge in [0.25, 0.3) is 0 Å². The summed E-state index contributed by atoms with van der Waals surface area (Å²) in [5.41, 5.74) is 1.37. The highest BCUT2D eigenvalue weighted by Crippen LogP contribution is 2.13. The number of aryl methyl sites for hydroxylation is 1. The summed E-state index contributed by atoms with van der Waals surface area (Å²) in [7, 11) is 0. The van der Waals surface area contributed by atoms with E-state index in [1.165, 1.54) is 18.7 Å². The van der Waals surface area contributed by atoms with E-state index in [0.717, 1.165) is 0 Å². The smallest absolute Gasteiger partial charge is 0.327 e. The van der Waals surface area contributed by atoms with E-state index >= 15 is 0 Å². The largest absolute Gasteiger partial charge is 0.480 e. The minimum Gasteiger partial charge on any atom is -0.480 e. The van der Waals surface area contributed by atoms with E-state index in [9.17, 15) is 9.59 Å². The molecular formula is C9H13N3O4S. The Morgan fingerprint density at radius 3 is 2.71 bits per heavy atom. The number of carbonyl (C=O) groups is 2. The van der Waals surface area contributed by atoms with Gasteiger partial charge in [-0.25, -0.2) is 9.42 Å². The predicted octanol–water partition coefficient (Wildman–Crippen LogP) is 0.201. The minimum atomic E-state index is -1.05. The summed E-state index contributed by atoms with van der Waals surface area (Å²) in [6.07, 6.45) is 0. The van der Waals surface area contributed by atoms with Gasteiger partial charge in [0, 0.05) is 18.4 Å². The van der Waals surface area contributed by atoms with Crippen LogP contribution in [0.5, 0.6) is 0 Å². The summed E-state index contributed by atoms with van der Waals surface area (Å²) in [6, 6.07) is -0.891. The number of rotatable bonds is 6. The molecule has 0 spiro atoms. The van der Waals surface area contributed by atoms with E-state index in [4.69, 9.17) is 5.11 Å². The summed E-state index contributed by atoms with van der Waals surface area (Å²) in [5, 5.41) is 18.5. The van der Waals surface area contributed by atoms with Crippen molar-refractivity contribution >= 4 is 23.6 Å². The summed E-state index contributed by atoms with van der Waals surface area (Å²) in [5.74, 6) is -0.653. The topological polar surface area (TPSA) is 105 Å². The van der Waals surface area contributed by atoms with Crippen molar-refractivity contribution in [2.24, 2.45) is 0 Å². The van der Waals surface area contributed by atoms with Crippen molar-refractivity contribution < 1.29 is 19.3 Å². The van der Waals surface area contributed by atoms with Gasteiger partial charge in [-0.1, -0.05) is 10.3 Å². The highest BCUT2D eigenvalue weighted by atomic mass is 32.2. The first-order chi connectivity index (χ1) is 8.00. The zero-order valence-electron chi connectivity index (χ0n) is 9.47. The third-order valence-electron chi connectivity index (χ3n) is 1.95. The molecule has 7 nitrogen and oxygen atoms in total. The van der Waals surface area contributed by atoms with Crippen LogP contribution in [0.25, 0.3) is 0 Å². The van der Waals surface area contributed by atoms with Crippen molar-refractivity contribution in [3.63, 3.8) is 0 Å². The van der Waals surface area contributed by atoms with Crippen LogP contribution in [0.2, 0.25) is 0 Å². The molecule has 17 heavy (non-hydrogen) atoms. The fraction of sp³-hybridized carbons (Fsp3) is 0.556. The average Bonchev–Trinajstić information content (AvgIpc) is 2.62. The third-order valence-corrected chi connectivity index (χ3v) is 2.99. The molecule has 1 aromatic rings. The van der Waals surface area contributed by atoms with Gasteiger partial charge < -0.3 is 10.4 Å². The summed E-state index contributed by atoms with van der Waals surface area (Å²) in [6.45, 7) is 3.04. The lowest BCUT2D eigenvalue weighted by molar-refractivity contribution is -0.140. The lowest BCUT2D eigenvalue weighted by atomic mass is 10.3. The van der Waals surface area contributed by atoms with Crippen LogP contribution in [-0.4, -0.2) is 39.1 Å². The quantitative estimate of drug-likeness (QED) is 0.751. The molecule has 0 bridgehead atoms. The molecule has 94 valence electrons. The Hall–Kier alpha value is -1.57. The van der Waals surface area contributed by atoms with E-state index in [-0.39, 0.29) is 11.7 Å². The maximum absolute atomic E-state index is 10.8. The molecule has 2 N–H and O–H groups in total. The van der Waals surface area contributed by atoms with Gasteiger partial charge in [-0.05, 0) is 6.92 Å². The second kappa shape index (κ2) is 6.24. The van der Waals surface area contributed by atoms with Crippen LogP contribution in [0, 0.1) is 6.92 Å². The van der Waals surface area contributed by atoms with E-state index in [1.54, 1.807) is 6.92 Å². The van der Waals surface area contributed by atoms with Crippen LogP contribution in [0.15, 0.2) is 4.63 Å². The third kappa shape index (κ3) is 4.43. The second-order valence-corrected chi connectivity index (χ2v) is 4.43. The van der Waals surface area contributed by atoms with Crippen LogP contribution in [0.3, 0.4) is 0 Å². The zero-order chi connectivity index (χ0) is 12.8. The van der Waals surface area contributed by atoms with E-state index in [2.05, 4.69) is 20.3 Å². The Balaban J connectivity index is 2.40. The van der Waals surface area contributed by atoms with Crippen molar-refractivity contribution in [1.82, 2.24) is 15.6 Å². The molecule has 0 saturated heterocycles.